The Kier molecular flexibility index (Phi) is 4.30. The molecule has 0 radical (unpaired) electrons. The first-order valence-electron chi connectivity index (χ1n) is 10.4. The maximum atomic E-state index is 12.9. The van der Waals surface area contributed by atoms with Gasteiger partial charge in [0.2, 0.25) is 5.91 Å². The van der Waals surface area contributed by atoms with Crippen molar-refractivity contribution in [2.24, 2.45) is 5.92 Å². The SMILES string of the molecule is CC(=O)N1C[C@@H]2C[C@H](C1)c1cc(-c3cccc(C(=O)NC4CC4)c3)cc(=O)n1C2. The summed E-state index contributed by atoms with van der Waals surface area (Å²) in [7, 11) is 0. The molecule has 3 aliphatic rings. The largest absolute Gasteiger partial charge is 0.349 e. The van der Waals surface area contributed by atoms with E-state index in [-0.39, 0.29) is 23.3 Å². The number of hydrogen-bond acceptors (Lipinski definition) is 3. The third-order valence-corrected chi connectivity index (χ3v) is 6.37. The molecule has 2 fully saturated rings. The van der Waals surface area contributed by atoms with Gasteiger partial charge < -0.3 is 14.8 Å². The van der Waals surface area contributed by atoms with Crippen LogP contribution in [0.4, 0.5) is 0 Å². The van der Waals surface area contributed by atoms with Gasteiger partial charge in [0.15, 0.2) is 0 Å². The highest BCUT2D eigenvalue weighted by atomic mass is 16.2. The molecule has 2 amide bonds. The quantitative estimate of drug-likeness (QED) is 0.873. The normalized spacial score (nSPS) is 22.7. The van der Waals surface area contributed by atoms with Crippen molar-refractivity contribution in [3.8, 4) is 11.1 Å². The Bertz CT molecular complexity index is 1050. The van der Waals surface area contributed by atoms with Crippen LogP contribution >= 0.6 is 0 Å². The fourth-order valence-electron chi connectivity index (χ4n) is 4.72. The van der Waals surface area contributed by atoms with Gasteiger partial charge >= 0.3 is 0 Å². The van der Waals surface area contributed by atoms with E-state index in [1.165, 1.54) is 0 Å². The molecule has 1 saturated heterocycles. The number of carbonyl (C=O) groups is 2. The lowest BCUT2D eigenvalue weighted by Gasteiger charge is -2.42. The second-order valence-corrected chi connectivity index (χ2v) is 8.67. The zero-order chi connectivity index (χ0) is 20.1. The summed E-state index contributed by atoms with van der Waals surface area (Å²) in [6.07, 6.45) is 3.11. The number of pyridine rings is 1. The minimum absolute atomic E-state index is 0.00342. The van der Waals surface area contributed by atoms with Crippen LogP contribution in [0.2, 0.25) is 0 Å². The van der Waals surface area contributed by atoms with Crippen LogP contribution in [-0.2, 0) is 11.3 Å². The van der Waals surface area contributed by atoms with E-state index in [2.05, 4.69) is 11.4 Å². The number of aromatic nitrogens is 1. The number of likely N-dealkylation sites (tertiary alicyclic amines) is 1. The number of carbonyl (C=O) groups excluding carboxylic acids is 2. The smallest absolute Gasteiger partial charge is 0.251 e. The van der Waals surface area contributed by atoms with E-state index < -0.39 is 0 Å². The zero-order valence-electron chi connectivity index (χ0n) is 16.6. The van der Waals surface area contributed by atoms with Crippen LogP contribution in [0.5, 0.6) is 0 Å². The van der Waals surface area contributed by atoms with Gasteiger partial charge in [-0.05, 0) is 54.5 Å². The van der Waals surface area contributed by atoms with E-state index >= 15 is 0 Å². The Hall–Kier alpha value is -2.89. The number of nitrogens with one attached hydrogen (secondary N) is 1. The maximum absolute atomic E-state index is 12.9. The molecule has 1 N–H and O–H groups in total. The standard InChI is InChI=1S/C23H25N3O3/c1-14(27)25-11-15-7-19(13-25)21-9-18(10-22(28)26(21)12-15)16-3-2-4-17(8-16)23(29)24-20-5-6-20/h2-4,8-10,15,19-20H,5-7,11-13H2,1H3,(H,24,29)/t15-,19+/m0/s1. The summed E-state index contributed by atoms with van der Waals surface area (Å²) in [5, 5.41) is 3.01. The summed E-state index contributed by atoms with van der Waals surface area (Å²) in [5.41, 5.74) is 3.32. The molecule has 6 heteroatoms. The van der Waals surface area contributed by atoms with Crippen molar-refractivity contribution in [2.45, 2.75) is 44.7 Å². The van der Waals surface area contributed by atoms with Crippen LogP contribution in [-0.4, -0.2) is 40.4 Å². The number of nitrogens with zero attached hydrogens (tertiary/aromatic N) is 2. The highest BCUT2D eigenvalue weighted by Crippen LogP contribution is 2.36. The number of rotatable bonds is 3. The fraction of sp³-hybridized carbons (Fsp3) is 0.435. The van der Waals surface area contributed by atoms with Crippen LogP contribution < -0.4 is 10.9 Å². The monoisotopic (exact) mass is 391 g/mol. The summed E-state index contributed by atoms with van der Waals surface area (Å²) in [4.78, 5) is 39.1. The Morgan fingerprint density at radius 1 is 1.03 bits per heavy atom. The van der Waals surface area contributed by atoms with Crippen LogP contribution in [0.25, 0.3) is 11.1 Å². The molecule has 1 aromatic heterocycles. The summed E-state index contributed by atoms with van der Waals surface area (Å²) in [6, 6.07) is 11.5. The minimum atomic E-state index is -0.0590. The molecule has 1 aliphatic carbocycles. The fourth-order valence-corrected chi connectivity index (χ4v) is 4.72. The number of hydrogen-bond donors (Lipinski definition) is 1. The van der Waals surface area contributed by atoms with Crippen molar-refractivity contribution >= 4 is 11.8 Å². The van der Waals surface area contributed by atoms with Gasteiger partial charge in [0.05, 0.1) is 0 Å². The number of amides is 2. The molecule has 1 saturated carbocycles. The molecule has 2 aromatic rings. The van der Waals surface area contributed by atoms with Gasteiger partial charge in [0.1, 0.15) is 0 Å². The van der Waals surface area contributed by atoms with E-state index in [9.17, 15) is 14.4 Å². The summed E-state index contributed by atoms with van der Waals surface area (Å²) < 4.78 is 1.88. The van der Waals surface area contributed by atoms with Crippen LogP contribution in [0.3, 0.4) is 0 Å². The Labute approximate surface area is 169 Å². The van der Waals surface area contributed by atoms with Gasteiger partial charge in [0.25, 0.3) is 11.5 Å². The second-order valence-electron chi connectivity index (χ2n) is 8.67. The average molecular weight is 391 g/mol. The van der Waals surface area contributed by atoms with Gasteiger partial charge in [-0.2, -0.15) is 0 Å². The van der Waals surface area contributed by atoms with Crippen molar-refractivity contribution in [1.82, 2.24) is 14.8 Å². The van der Waals surface area contributed by atoms with Crippen molar-refractivity contribution in [2.75, 3.05) is 13.1 Å². The molecule has 2 atom stereocenters. The highest BCUT2D eigenvalue weighted by molar-refractivity contribution is 5.95. The topological polar surface area (TPSA) is 71.4 Å². The number of fused-ring (bicyclic) bond motifs is 4. The van der Waals surface area contributed by atoms with Gasteiger partial charge in [-0.1, -0.05) is 12.1 Å². The van der Waals surface area contributed by atoms with Crippen LogP contribution in [0.1, 0.15) is 48.2 Å². The molecular weight excluding hydrogens is 366 g/mol. The molecular formula is C23H25N3O3. The zero-order valence-corrected chi connectivity index (χ0v) is 16.6. The van der Waals surface area contributed by atoms with Crippen molar-refractivity contribution < 1.29 is 9.59 Å². The van der Waals surface area contributed by atoms with Crippen molar-refractivity contribution in [1.29, 1.82) is 0 Å². The first-order valence-corrected chi connectivity index (χ1v) is 10.4. The summed E-state index contributed by atoms with van der Waals surface area (Å²) in [5.74, 6) is 0.556. The number of benzene rings is 1. The van der Waals surface area contributed by atoms with E-state index in [1.54, 1.807) is 13.0 Å². The summed E-state index contributed by atoms with van der Waals surface area (Å²) >= 11 is 0. The minimum Gasteiger partial charge on any atom is -0.349 e. The molecule has 5 rings (SSSR count). The van der Waals surface area contributed by atoms with Crippen molar-refractivity contribution in [3.05, 3.63) is 58.0 Å². The lowest BCUT2D eigenvalue weighted by atomic mass is 9.82. The van der Waals surface area contributed by atoms with E-state index in [1.807, 2.05) is 33.7 Å². The maximum Gasteiger partial charge on any atom is 0.251 e. The van der Waals surface area contributed by atoms with Gasteiger partial charge in [-0.3, -0.25) is 14.4 Å². The van der Waals surface area contributed by atoms with Gasteiger partial charge in [-0.15, -0.1) is 0 Å². The lowest BCUT2D eigenvalue weighted by Crippen LogP contribution is -2.48. The second kappa shape index (κ2) is 6.87. The van der Waals surface area contributed by atoms with E-state index in [0.29, 0.717) is 30.6 Å². The summed E-state index contributed by atoms with van der Waals surface area (Å²) in [6.45, 7) is 3.68. The molecule has 3 heterocycles. The van der Waals surface area contributed by atoms with Gasteiger partial charge in [0, 0.05) is 55.8 Å². The predicted octanol–water partition coefficient (Wildman–Crippen LogP) is 2.37. The first kappa shape index (κ1) is 18.2. The third kappa shape index (κ3) is 3.48. The lowest BCUT2D eigenvalue weighted by molar-refractivity contribution is -0.131. The average Bonchev–Trinajstić information content (AvgIpc) is 3.52. The predicted molar refractivity (Wildman–Crippen MR) is 110 cm³/mol. The molecule has 0 unspecified atom stereocenters. The Morgan fingerprint density at radius 3 is 2.62 bits per heavy atom. The molecule has 2 bridgehead atoms. The van der Waals surface area contributed by atoms with Gasteiger partial charge in [-0.25, -0.2) is 0 Å². The highest BCUT2D eigenvalue weighted by Gasteiger charge is 2.35. The third-order valence-electron chi connectivity index (χ3n) is 6.37. The molecule has 6 nitrogen and oxygen atoms in total. The van der Waals surface area contributed by atoms with Crippen LogP contribution in [0.15, 0.2) is 41.2 Å². The van der Waals surface area contributed by atoms with E-state index in [4.69, 9.17) is 0 Å². The number of piperidine rings is 1. The molecule has 29 heavy (non-hydrogen) atoms. The van der Waals surface area contributed by atoms with Crippen LogP contribution in [0, 0.1) is 5.92 Å². The van der Waals surface area contributed by atoms with Crippen molar-refractivity contribution in [3.63, 3.8) is 0 Å². The molecule has 2 aliphatic heterocycles. The Morgan fingerprint density at radius 2 is 1.86 bits per heavy atom. The first-order chi connectivity index (χ1) is 14.0. The van der Waals surface area contributed by atoms with E-state index in [0.717, 1.165) is 42.6 Å². The molecule has 1 aromatic carbocycles. The Balaban J connectivity index is 1.49. The molecule has 150 valence electrons. The molecule has 0 spiro atoms.